The van der Waals surface area contributed by atoms with Gasteiger partial charge in [0.1, 0.15) is 0 Å². The van der Waals surface area contributed by atoms with Crippen LogP contribution < -0.4 is 0 Å². The smallest absolute Gasteiger partial charge is 0.307 e. The average Bonchev–Trinajstić information content (AvgIpc) is 2.93. The van der Waals surface area contributed by atoms with Crippen LogP contribution in [0.3, 0.4) is 0 Å². The van der Waals surface area contributed by atoms with Crippen molar-refractivity contribution in [3.63, 3.8) is 0 Å². The summed E-state index contributed by atoms with van der Waals surface area (Å²) in [5.74, 6) is -0.552. The van der Waals surface area contributed by atoms with Crippen LogP contribution >= 0.6 is 0 Å². The van der Waals surface area contributed by atoms with Crippen molar-refractivity contribution in [1.29, 1.82) is 0 Å². The lowest BCUT2D eigenvalue weighted by molar-refractivity contribution is -0.144. The zero-order valence-corrected chi connectivity index (χ0v) is 12.9. The SMILES string of the molecule is CCCN1C[C@@H](C(=O)O)CC2c3cccc4[nH]cc(c34)C[C@H]21. The zero-order chi connectivity index (χ0) is 15.3. The molecule has 116 valence electrons. The lowest BCUT2D eigenvalue weighted by atomic mass is 9.72. The summed E-state index contributed by atoms with van der Waals surface area (Å²) in [5, 5.41) is 10.9. The van der Waals surface area contributed by atoms with Gasteiger partial charge in [-0.15, -0.1) is 0 Å². The third kappa shape index (κ3) is 1.97. The van der Waals surface area contributed by atoms with E-state index in [0.29, 0.717) is 18.5 Å². The van der Waals surface area contributed by atoms with Crippen molar-refractivity contribution in [2.75, 3.05) is 13.1 Å². The van der Waals surface area contributed by atoms with Gasteiger partial charge in [-0.05, 0) is 43.0 Å². The van der Waals surface area contributed by atoms with E-state index in [-0.39, 0.29) is 5.92 Å². The van der Waals surface area contributed by atoms with Crippen molar-refractivity contribution < 1.29 is 9.90 Å². The molecule has 2 heterocycles. The van der Waals surface area contributed by atoms with Crippen LogP contribution in [0.15, 0.2) is 24.4 Å². The first-order valence-electron chi connectivity index (χ1n) is 8.24. The first kappa shape index (κ1) is 13.8. The number of piperidine rings is 1. The van der Waals surface area contributed by atoms with Crippen LogP contribution in [0.2, 0.25) is 0 Å². The van der Waals surface area contributed by atoms with Gasteiger partial charge in [0.2, 0.25) is 0 Å². The summed E-state index contributed by atoms with van der Waals surface area (Å²) in [6, 6.07) is 6.86. The summed E-state index contributed by atoms with van der Waals surface area (Å²) in [6.07, 6.45) is 5.01. The quantitative estimate of drug-likeness (QED) is 0.916. The minimum atomic E-state index is -0.647. The zero-order valence-electron chi connectivity index (χ0n) is 12.9. The summed E-state index contributed by atoms with van der Waals surface area (Å²) in [5.41, 5.74) is 3.92. The Kier molecular flexibility index (Phi) is 3.22. The molecule has 4 rings (SSSR count). The Balaban J connectivity index is 1.80. The molecule has 0 spiro atoms. The Bertz CT molecular complexity index is 721. The molecule has 1 aromatic carbocycles. The number of nitrogens with zero attached hydrogens (tertiary/aromatic N) is 1. The Morgan fingerprint density at radius 1 is 1.45 bits per heavy atom. The maximum absolute atomic E-state index is 11.6. The number of likely N-dealkylation sites (tertiary alicyclic amines) is 1. The topological polar surface area (TPSA) is 56.3 Å². The number of carbonyl (C=O) groups is 1. The van der Waals surface area contributed by atoms with E-state index in [0.717, 1.165) is 25.8 Å². The van der Waals surface area contributed by atoms with Gasteiger partial charge in [-0.25, -0.2) is 0 Å². The number of aromatic amines is 1. The van der Waals surface area contributed by atoms with Gasteiger partial charge in [-0.1, -0.05) is 19.1 Å². The molecule has 1 unspecified atom stereocenters. The first-order chi connectivity index (χ1) is 10.7. The highest BCUT2D eigenvalue weighted by Crippen LogP contribution is 2.44. The molecule has 0 bridgehead atoms. The molecule has 2 aromatic rings. The molecular weight excluding hydrogens is 276 g/mol. The van der Waals surface area contributed by atoms with E-state index >= 15 is 0 Å². The third-order valence-corrected chi connectivity index (χ3v) is 5.44. The fourth-order valence-electron chi connectivity index (χ4n) is 4.52. The number of hydrogen-bond acceptors (Lipinski definition) is 2. The molecule has 0 saturated carbocycles. The standard InChI is InChI=1S/C18H22N2O2/c1-2-6-20-10-12(18(21)22)7-14-13-4-3-5-15-17(13)11(9-19-15)8-16(14)20/h3-5,9,12,14,16,19H,2,6-8,10H2,1H3,(H,21,22)/t12-,14?,16+/m0/s1. The number of fused-ring (bicyclic) bond motifs is 2. The predicted octanol–water partition coefficient (Wildman–Crippen LogP) is 2.99. The second-order valence-electron chi connectivity index (χ2n) is 6.73. The van der Waals surface area contributed by atoms with Gasteiger partial charge < -0.3 is 10.1 Å². The fraction of sp³-hybridized carbons (Fsp3) is 0.500. The molecule has 2 aliphatic rings. The number of rotatable bonds is 3. The minimum absolute atomic E-state index is 0.247. The van der Waals surface area contributed by atoms with Gasteiger partial charge >= 0.3 is 5.97 Å². The average molecular weight is 298 g/mol. The number of carboxylic acids is 1. The van der Waals surface area contributed by atoms with Crippen LogP contribution in [-0.2, 0) is 11.2 Å². The van der Waals surface area contributed by atoms with E-state index in [2.05, 4.69) is 41.2 Å². The number of nitrogens with one attached hydrogen (secondary N) is 1. The van der Waals surface area contributed by atoms with Crippen LogP contribution in [0.5, 0.6) is 0 Å². The number of aromatic nitrogens is 1. The van der Waals surface area contributed by atoms with Crippen molar-refractivity contribution in [2.24, 2.45) is 5.92 Å². The normalized spacial score (nSPS) is 27.8. The molecule has 1 fully saturated rings. The first-order valence-corrected chi connectivity index (χ1v) is 8.24. The van der Waals surface area contributed by atoms with E-state index < -0.39 is 5.97 Å². The lowest BCUT2D eigenvalue weighted by Gasteiger charge is -2.46. The number of hydrogen-bond donors (Lipinski definition) is 2. The van der Waals surface area contributed by atoms with Crippen LogP contribution in [0, 0.1) is 5.92 Å². The fourth-order valence-corrected chi connectivity index (χ4v) is 4.52. The summed E-state index contributed by atoms with van der Waals surface area (Å²) < 4.78 is 0. The second kappa shape index (κ2) is 5.13. The number of benzene rings is 1. The Labute approximate surface area is 130 Å². The van der Waals surface area contributed by atoms with E-state index in [4.69, 9.17) is 0 Å². The Hall–Kier alpha value is -1.81. The van der Waals surface area contributed by atoms with Crippen molar-refractivity contribution in [2.45, 2.75) is 38.1 Å². The summed E-state index contributed by atoms with van der Waals surface area (Å²) >= 11 is 0. The predicted molar refractivity (Wildman–Crippen MR) is 86.1 cm³/mol. The van der Waals surface area contributed by atoms with Crippen molar-refractivity contribution in [1.82, 2.24) is 9.88 Å². The Morgan fingerprint density at radius 2 is 2.32 bits per heavy atom. The number of H-pyrrole nitrogens is 1. The van der Waals surface area contributed by atoms with Gasteiger partial charge in [0.15, 0.2) is 0 Å². The third-order valence-electron chi connectivity index (χ3n) is 5.44. The maximum atomic E-state index is 11.6. The molecule has 1 aromatic heterocycles. The molecule has 4 nitrogen and oxygen atoms in total. The van der Waals surface area contributed by atoms with Crippen LogP contribution in [0.25, 0.3) is 10.9 Å². The van der Waals surface area contributed by atoms with Crippen LogP contribution in [0.4, 0.5) is 0 Å². The van der Waals surface area contributed by atoms with Crippen LogP contribution in [0.1, 0.15) is 36.8 Å². The second-order valence-corrected chi connectivity index (χ2v) is 6.73. The summed E-state index contributed by atoms with van der Waals surface area (Å²) in [4.78, 5) is 17.4. The number of aliphatic carboxylic acids is 1. The van der Waals surface area contributed by atoms with E-state index in [1.807, 2.05) is 0 Å². The summed E-state index contributed by atoms with van der Waals surface area (Å²) in [7, 11) is 0. The van der Waals surface area contributed by atoms with E-state index in [9.17, 15) is 9.90 Å². The molecular formula is C18H22N2O2. The monoisotopic (exact) mass is 298 g/mol. The highest BCUT2D eigenvalue weighted by atomic mass is 16.4. The van der Waals surface area contributed by atoms with Crippen molar-refractivity contribution >= 4 is 16.9 Å². The van der Waals surface area contributed by atoms with Crippen molar-refractivity contribution in [3.05, 3.63) is 35.5 Å². The minimum Gasteiger partial charge on any atom is -0.481 e. The largest absolute Gasteiger partial charge is 0.481 e. The van der Waals surface area contributed by atoms with Gasteiger partial charge in [0.05, 0.1) is 5.92 Å². The molecule has 4 heteroatoms. The van der Waals surface area contributed by atoms with E-state index in [1.165, 1.54) is 22.0 Å². The Morgan fingerprint density at radius 3 is 3.09 bits per heavy atom. The van der Waals surface area contributed by atoms with E-state index in [1.54, 1.807) is 0 Å². The molecule has 3 atom stereocenters. The van der Waals surface area contributed by atoms with Crippen LogP contribution in [-0.4, -0.2) is 40.1 Å². The number of carboxylic acid groups (broad SMARTS) is 1. The molecule has 0 amide bonds. The van der Waals surface area contributed by atoms with Gasteiger partial charge in [0.25, 0.3) is 0 Å². The molecule has 1 saturated heterocycles. The highest BCUT2D eigenvalue weighted by molar-refractivity contribution is 5.88. The molecule has 0 radical (unpaired) electrons. The van der Waals surface area contributed by atoms with Gasteiger partial charge in [0, 0.05) is 35.6 Å². The lowest BCUT2D eigenvalue weighted by Crippen LogP contribution is -2.51. The molecule has 1 aliphatic heterocycles. The maximum Gasteiger partial charge on any atom is 0.307 e. The highest BCUT2D eigenvalue weighted by Gasteiger charge is 2.42. The summed E-state index contributed by atoms with van der Waals surface area (Å²) in [6.45, 7) is 3.85. The van der Waals surface area contributed by atoms with Crippen molar-refractivity contribution in [3.8, 4) is 0 Å². The molecule has 2 N–H and O–H groups in total. The molecule has 22 heavy (non-hydrogen) atoms. The van der Waals surface area contributed by atoms with Gasteiger partial charge in [-0.3, -0.25) is 9.69 Å². The van der Waals surface area contributed by atoms with Gasteiger partial charge in [-0.2, -0.15) is 0 Å². The molecule has 1 aliphatic carbocycles.